The topological polar surface area (TPSA) is 55.6 Å². The average Bonchev–Trinajstić information content (AvgIpc) is 3.50. The molecule has 0 aromatic heterocycles. The van der Waals surface area contributed by atoms with Crippen LogP contribution in [-0.2, 0) is 23.1 Å². The maximum absolute atomic E-state index is 14.3. The summed E-state index contributed by atoms with van der Waals surface area (Å²) in [4.78, 5) is 15.5. The normalized spacial score (nSPS) is 19.4. The number of halogens is 2. The number of primary amides is 1. The Morgan fingerprint density at radius 3 is 2.53 bits per heavy atom. The molecular weight excluding hydrogens is 434 g/mol. The maximum Gasteiger partial charge on any atom is 0.232 e. The highest BCUT2D eigenvalue weighted by atomic mass is 19.1. The molecule has 3 aromatic rings. The molecule has 6 heteroatoms. The van der Waals surface area contributed by atoms with Gasteiger partial charge in [-0.3, -0.25) is 4.79 Å². The zero-order valence-corrected chi connectivity index (χ0v) is 19.0. The molecule has 0 spiro atoms. The molecule has 2 aliphatic heterocycles. The summed E-state index contributed by atoms with van der Waals surface area (Å²) in [5.41, 5.74) is 8.49. The summed E-state index contributed by atoms with van der Waals surface area (Å²) in [6, 6.07) is 19.3. The number of nitrogens with zero attached hydrogens (tertiary/aromatic N) is 1. The van der Waals surface area contributed by atoms with E-state index in [2.05, 4.69) is 4.90 Å². The predicted molar refractivity (Wildman–Crippen MR) is 127 cm³/mol. The van der Waals surface area contributed by atoms with Crippen molar-refractivity contribution < 1.29 is 18.3 Å². The molecule has 3 aromatic carbocycles. The Morgan fingerprint density at radius 1 is 1.06 bits per heavy atom. The number of hydrogen-bond donors (Lipinski definition) is 1. The molecule has 2 N–H and O–H groups in total. The fraction of sp³-hybridized carbons (Fsp3) is 0.321. The number of nitrogens with two attached hydrogens (primary N) is 1. The van der Waals surface area contributed by atoms with Crippen LogP contribution in [-0.4, -0.2) is 37.0 Å². The predicted octanol–water partition coefficient (Wildman–Crippen LogP) is 4.24. The molecule has 0 radical (unpaired) electrons. The lowest BCUT2D eigenvalue weighted by molar-refractivity contribution is -0.123. The first-order valence-corrected chi connectivity index (χ1v) is 11.8. The molecule has 0 bridgehead atoms. The summed E-state index contributed by atoms with van der Waals surface area (Å²) in [6.45, 7) is 2.76. The van der Waals surface area contributed by atoms with Crippen LogP contribution in [0.4, 0.5) is 8.78 Å². The van der Waals surface area contributed by atoms with E-state index in [-0.39, 0.29) is 17.6 Å². The van der Waals surface area contributed by atoms with E-state index in [1.165, 1.54) is 12.1 Å². The van der Waals surface area contributed by atoms with Gasteiger partial charge in [0.25, 0.3) is 0 Å². The van der Waals surface area contributed by atoms with Gasteiger partial charge in [-0.05, 0) is 60.2 Å². The van der Waals surface area contributed by atoms with Gasteiger partial charge in [0.1, 0.15) is 11.2 Å². The average molecular weight is 463 g/mol. The van der Waals surface area contributed by atoms with Crippen LogP contribution >= 0.6 is 0 Å². The van der Waals surface area contributed by atoms with E-state index in [1.54, 1.807) is 18.2 Å². The number of rotatable bonds is 7. The van der Waals surface area contributed by atoms with Crippen LogP contribution in [0.15, 0.2) is 66.7 Å². The third-order valence-electron chi connectivity index (χ3n) is 7.32. The summed E-state index contributed by atoms with van der Waals surface area (Å²) >= 11 is 0. The van der Waals surface area contributed by atoms with Crippen LogP contribution in [0.5, 0.6) is 5.75 Å². The first kappa shape index (κ1) is 22.5. The van der Waals surface area contributed by atoms with Gasteiger partial charge >= 0.3 is 0 Å². The minimum absolute atomic E-state index is 0.0667. The molecule has 34 heavy (non-hydrogen) atoms. The third kappa shape index (κ3) is 3.96. The highest BCUT2D eigenvalue weighted by molar-refractivity contribution is 5.91. The molecule has 0 aliphatic carbocycles. The molecule has 1 saturated heterocycles. The Kier molecular flexibility index (Phi) is 6.09. The molecule has 2 atom stereocenters. The smallest absolute Gasteiger partial charge is 0.232 e. The molecule has 2 unspecified atom stereocenters. The Morgan fingerprint density at radius 2 is 1.79 bits per heavy atom. The van der Waals surface area contributed by atoms with Gasteiger partial charge < -0.3 is 15.4 Å². The minimum atomic E-state index is -1.05. The zero-order chi connectivity index (χ0) is 23.7. The largest absolute Gasteiger partial charge is 0.490 e. The maximum atomic E-state index is 14.3. The van der Waals surface area contributed by atoms with Crippen molar-refractivity contribution in [2.24, 2.45) is 11.7 Å². The Balaban J connectivity index is 1.40. The fourth-order valence-electron chi connectivity index (χ4n) is 5.68. The Bertz CT molecular complexity index is 1180. The van der Waals surface area contributed by atoms with Gasteiger partial charge in [-0.2, -0.15) is 0 Å². The first-order valence-electron chi connectivity index (χ1n) is 11.8. The molecular formula is C28H28F2N2O2. The standard InChI is InChI=1S/C28H28F2N2O2/c29-24-8-6-22(7-9-24)28(27(31)33,21-4-2-1-3-5-21)23-11-14-32(18-23)13-10-19-16-20-12-15-34-26(20)25(30)17-19/h1-9,16-17,23H,10-15,18H2,(H2,31,33). The van der Waals surface area contributed by atoms with Crippen LogP contribution in [0.25, 0.3) is 0 Å². The monoisotopic (exact) mass is 462 g/mol. The van der Waals surface area contributed by atoms with Crippen molar-refractivity contribution in [3.8, 4) is 5.75 Å². The van der Waals surface area contributed by atoms with Gasteiger partial charge in [-0.1, -0.05) is 48.5 Å². The highest BCUT2D eigenvalue weighted by Crippen LogP contribution is 2.43. The second-order valence-corrected chi connectivity index (χ2v) is 9.25. The summed E-state index contributed by atoms with van der Waals surface area (Å²) in [5, 5.41) is 0. The van der Waals surface area contributed by atoms with Gasteiger partial charge in [0.05, 0.1) is 6.61 Å². The Labute approximate surface area is 198 Å². The lowest BCUT2D eigenvalue weighted by Crippen LogP contribution is -2.49. The van der Waals surface area contributed by atoms with Gasteiger partial charge in [0, 0.05) is 25.1 Å². The van der Waals surface area contributed by atoms with Crippen molar-refractivity contribution >= 4 is 5.91 Å². The molecule has 176 valence electrons. The zero-order valence-electron chi connectivity index (χ0n) is 19.0. The van der Waals surface area contributed by atoms with Crippen molar-refractivity contribution in [2.75, 3.05) is 26.2 Å². The molecule has 1 fully saturated rings. The van der Waals surface area contributed by atoms with E-state index >= 15 is 0 Å². The summed E-state index contributed by atoms with van der Waals surface area (Å²) < 4.78 is 33.5. The van der Waals surface area contributed by atoms with E-state index in [0.717, 1.165) is 42.6 Å². The van der Waals surface area contributed by atoms with E-state index < -0.39 is 11.3 Å². The second-order valence-electron chi connectivity index (χ2n) is 9.25. The van der Waals surface area contributed by atoms with Crippen LogP contribution in [0.3, 0.4) is 0 Å². The highest BCUT2D eigenvalue weighted by Gasteiger charge is 2.49. The van der Waals surface area contributed by atoms with E-state index in [0.29, 0.717) is 30.9 Å². The van der Waals surface area contributed by atoms with Gasteiger partial charge in [-0.15, -0.1) is 0 Å². The number of carbonyl (C=O) groups excluding carboxylic acids is 1. The number of ether oxygens (including phenoxy) is 1. The Hall–Kier alpha value is -3.25. The van der Waals surface area contributed by atoms with Gasteiger partial charge in [0.15, 0.2) is 11.6 Å². The van der Waals surface area contributed by atoms with Crippen LogP contribution in [0, 0.1) is 17.6 Å². The van der Waals surface area contributed by atoms with E-state index in [1.807, 2.05) is 36.4 Å². The number of hydrogen-bond acceptors (Lipinski definition) is 3. The molecule has 5 rings (SSSR count). The number of amides is 1. The fourth-order valence-corrected chi connectivity index (χ4v) is 5.68. The number of likely N-dealkylation sites (tertiary alicyclic amines) is 1. The van der Waals surface area contributed by atoms with Crippen LogP contribution < -0.4 is 10.5 Å². The van der Waals surface area contributed by atoms with Gasteiger partial charge in [0.2, 0.25) is 5.91 Å². The number of carbonyl (C=O) groups is 1. The van der Waals surface area contributed by atoms with Crippen molar-refractivity contribution in [1.29, 1.82) is 0 Å². The second kappa shape index (κ2) is 9.18. The van der Waals surface area contributed by atoms with Crippen molar-refractivity contribution in [3.05, 3.63) is 101 Å². The lowest BCUT2D eigenvalue weighted by Gasteiger charge is -2.37. The lowest BCUT2D eigenvalue weighted by atomic mass is 9.64. The number of benzene rings is 3. The van der Waals surface area contributed by atoms with Crippen molar-refractivity contribution in [3.63, 3.8) is 0 Å². The molecule has 4 nitrogen and oxygen atoms in total. The van der Waals surface area contributed by atoms with Gasteiger partial charge in [-0.25, -0.2) is 8.78 Å². The van der Waals surface area contributed by atoms with Crippen LogP contribution in [0.1, 0.15) is 28.7 Å². The quantitative estimate of drug-likeness (QED) is 0.572. The number of fused-ring (bicyclic) bond motifs is 1. The summed E-state index contributed by atoms with van der Waals surface area (Å²) in [7, 11) is 0. The summed E-state index contributed by atoms with van der Waals surface area (Å²) in [5.74, 6) is -0.758. The van der Waals surface area contributed by atoms with Crippen LogP contribution in [0.2, 0.25) is 0 Å². The molecule has 1 amide bonds. The van der Waals surface area contributed by atoms with E-state index in [9.17, 15) is 13.6 Å². The molecule has 2 heterocycles. The molecule has 2 aliphatic rings. The SMILES string of the molecule is NC(=O)C(c1ccccc1)(c1ccc(F)cc1)C1CCN(CCc2cc(F)c3c(c2)CCO3)C1. The minimum Gasteiger partial charge on any atom is -0.490 e. The van der Waals surface area contributed by atoms with Crippen molar-refractivity contribution in [1.82, 2.24) is 4.90 Å². The molecule has 0 saturated carbocycles. The van der Waals surface area contributed by atoms with E-state index in [4.69, 9.17) is 10.5 Å². The first-order chi connectivity index (χ1) is 16.5. The van der Waals surface area contributed by atoms with Crippen molar-refractivity contribution in [2.45, 2.75) is 24.7 Å². The summed E-state index contributed by atoms with van der Waals surface area (Å²) in [6.07, 6.45) is 2.23. The third-order valence-corrected chi connectivity index (χ3v) is 7.32.